The molecule has 0 saturated carbocycles. The summed E-state index contributed by atoms with van der Waals surface area (Å²) in [5.41, 5.74) is 3.63. The lowest BCUT2D eigenvalue weighted by molar-refractivity contribution is 0.854. The van der Waals surface area contributed by atoms with Gasteiger partial charge in [-0.1, -0.05) is 29.8 Å². The second-order valence-electron chi connectivity index (χ2n) is 5.02. The molecule has 0 spiro atoms. The standard InChI is InChI=1S/C17H21N3S2/c1-14-5-2-6-15(11-14)13-22-10-4-9-19-17(21)20-16-7-3-8-18-12-16/h2-3,5-8,11-12H,4,9-10,13H2,1H3,(H2,19,20,21). The van der Waals surface area contributed by atoms with Crippen LogP contribution in [0.15, 0.2) is 48.8 Å². The van der Waals surface area contributed by atoms with Crippen molar-refractivity contribution in [2.24, 2.45) is 0 Å². The molecule has 0 aliphatic carbocycles. The molecular weight excluding hydrogens is 310 g/mol. The summed E-state index contributed by atoms with van der Waals surface area (Å²) in [6, 6.07) is 12.5. The van der Waals surface area contributed by atoms with E-state index in [-0.39, 0.29) is 0 Å². The highest BCUT2D eigenvalue weighted by Gasteiger charge is 1.98. The maximum absolute atomic E-state index is 5.25. The quantitative estimate of drug-likeness (QED) is 0.592. The Morgan fingerprint density at radius 3 is 2.95 bits per heavy atom. The van der Waals surface area contributed by atoms with E-state index >= 15 is 0 Å². The number of rotatable bonds is 7. The fraction of sp³-hybridized carbons (Fsp3) is 0.294. The molecule has 1 aromatic heterocycles. The minimum atomic E-state index is 0.650. The first-order valence-corrected chi connectivity index (χ1v) is 8.88. The van der Waals surface area contributed by atoms with E-state index in [2.05, 4.69) is 46.8 Å². The third kappa shape index (κ3) is 6.45. The van der Waals surface area contributed by atoms with Gasteiger partial charge in [0.25, 0.3) is 0 Å². The van der Waals surface area contributed by atoms with Gasteiger partial charge in [-0.25, -0.2) is 0 Å². The molecule has 1 heterocycles. The van der Waals surface area contributed by atoms with Crippen LogP contribution >= 0.6 is 24.0 Å². The van der Waals surface area contributed by atoms with E-state index < -0.39 is 0 Å². The number of pyridine rings is 1. The van der Waals surface area contributed by atoms with Crippen LogP contribution < -0.4 is 10.6 Å². The minimum absolute atomic E-state index is 0.650. The Morgan fingerprint density at radius 2 is 2.18 bits per heavy atom. The van der Waals surface area contributed by atoms with Crippen molar-refractivity contribution < 1.29 is 0 Å². The van der Waals surface area contributed by atoms with Gasteiger partial charge >= 0.3 is 0 Å². The average Bonchev–Trinajstić information content (AvgIpc) is 2.52. The van der Waals surface area contributed by atoms with E-state index in [1.165, 1.54) is 11.1 Å². The van der Waals surface area contributed by atoms with Crippen LogP contribution in [0.3, 0.4) is 0 Å². The zero-order valence-electron chi connectivity index (χ0n) is 12.7. The number of benzene rings is 1. The summed E-state index contributed by atoms with van der Waals surface area (Å²) < 4.78 is 0. The van der Waals surface area contributed by atoms with Gasteiger partial charge in [-0.05, 0) is 49.0 Å². The van der Waals surface area contributed by atoms with Gasteiger partial charge in [0.1, 0.15) is 0 Å². The van der Waals surface area contributed by atoms with Crippen molar-refractivity contribution >= 4 is 34.8 Å². The maximum atomic E-state index is 5.25. The van der Waals surface area contributed by atoms with Gasteiger partial charge in [-0.2, -0.15) is 11.8 Å². The van der Waals surface area contributed by atoms with Crippen molar-refractivity contribution in [2.75, 3.05) is 17.6 Å². The zero-order valence-corrected chi connectivity index (χ0v) is 14.3. The smallest absolute Gasteiger partial charge is 0.170 e. The van der Waals surface area contributed by atoms with E-state index in [4.69, 9.17) is 12.2 Å². The number of aromatic nitrogens is 1. The van der Waals surface area contributed by atoms with Crippen LogP contribution in [0.5, 0.6) is 0 Å². The van der Waals surface area contributed by atoms with Crippen LogP contribution in [-0.4, -0.2) is 22.4 Å². The number of aryl methyl sites for hydroxylation is 1. The van der Waals surface area contributed by atoms with Crippen LogP contribution in [0.25, 0.3) is 0 Å². The highest BCUT2D eigenvalue weighted by molar-refractivity contribution is 7.98. The fourth-order valence-corrected chi connectivity index (χ4v) is 3.11. The van der Waals surface area contributed by atoms with Gasteiger partial charge in [-0.3, -0.25) is 4.98 Å². The molecule has 0 amide bonds. The summed E-state index contributed by atoms with van der Waals surface area (Å²) in [4.78, 5) is 4.04. The van der Waals surface area contributed by atoms with E-state index in [0.717, 1.165) is 30.2 Å². The predicted molar refractivity (Wildman–Crippen MR) is 100 cm³/mol. The summed E-state index contributed by atoms with van der Waals surface area (Å²) in [5, 5.41) is 6.98. The Balaban J connectivity index is 1.55. The van der Waals surface area contributed by atoms with Crippen LogP contribution in [0.4, 0.5) is 5.69 Å². The van der Waals surface area contributed by atoms with E-state index in [0.29, 0.717) is 5.11 Å². The molecule has 0 aliphatic rings. The second-order valence-corrected chi connectivity index (χ2v) is 6.53. The number of anilines is 1. The topological polar surface area (TPSA) is 37.0 Å². The summed E-state index contributed by atoms with van der Waals surface area (Å²) in [7, 11) is 0. The Morgan fingerprint density at radius 1 is 1.27 bits per heavy atom. The Bertz CT molecular complexity index is 587. The third-order valence-electron chi connectivity index (χ3n) is 3.02. The van der Waals surface area contributed by atoms with Crippen LogP contribution in [0.2, 0.25) is 0 Å². The average molecular weight is 332 g/mol. The molecule has 0 atom stereocenters. The van der Waals surface area contributed by atoms with Crippen LogP contribution in [-0.2, 0) is 5.75 Å². The SMILES string of the molecule is Cc1cccc(CSCCCNC(=S)Nc2cccnc2)c1. The van der Waals surface area contributed by atoms with E-state index in [1.807, 2.05) is 23.9 Å². The van der Waals surface area contributed by atoms with Crippen molar-refractivity contribution in [3.05, 3.63) is 59.9 Å². The predicted octanol–water partition coefficient (Wildman–Crippen LogP) is 4.00. The summed E-state index contributed by atoms with van der Waals surface area (Å²) >= 11 is 7.21. The first kappa shape index (κ1) is 16.8. The highest BCUT2D eigenvalue weighted by Crippen LogP contribution is 2.14. The van der Waals surface area contributed by atoms with Crippen molar-refractivity contribution in [3.8, 4) is 0 Å². The molecule has 1 aromatic carbocycles. The maximum Gasteiger partial charge on any atom is 0.170 e. The molecule has 2 aromatic rings. The summed E-state index contributed by atoms with van der Waals surface area (Å²) in [6.45, 7) is 3.02. The van der Waals surface area contributed by atoms with E-state index in [9.17, 15) is 0 Å². The first-order valence-electron chi connectivity index (χ1n) is 7.32. The number of nitrogens with zero attached hydrogens (tertiary/aromatic N) is 1. The van der Waals surface area contributed by atoms with Crippen LogP contribution in [0, 0.1) is 6.92 Å². The Kier molecular flexibility index (Phi) is 7.19. The molecule has 2 N–H and O–H groups in total. The van der Waals surface area contributed by atoms with Gasteiger partial charge in [-0.15, -0.1) is 0 Å². The lowest BCUT2D eigenvalue weighted by Crippen LogP contribution is -2.29. The molecule has 0 unspecified atom stereocenters. The van der Waals surface area contributed by atoms with Crippen molar-refractivity contribution in [2.45, 2.75) is 19.1 Å². The van der Waals surface area contributed by atoms with Gasteiger partial charge in [0.15, 0.2) is 5.11 Å². The van der Waals surface area contributed by atoms with Gasteiger partial charge in [0.2, 0.25) is 0 Å². The number of hydrogen-bond donors (Lipinski definition) is 2. The molecule has 3 nitrogen and oxygen atoms in total. The van der Waals surface area contributed by atoms with Crippen LogP contribution in [0.1, 0.15) is 17.5 Å². The molecule has 2 rings (SSSR count). The largest absolute Gasteiger partial charge is 0.362 e. The van der Waals surface area contributed by atoms with Crippen molar-refractivity contribution in [3.63, 3.8) is 0 Å². The van der Waals surface area contributed by atoms with E-state index in [1.54, 1.807) is 12.4 Å². The Hall–Kier alpha value is -1.59. The molecule has 22 heavy (non-hydrogen) atoms. The first-order chi connectivity index (χ1) is 10.7. The number of nitrogens with one attached hydrogen (secondary N) is 2. The molecule has 0 saturated heterocycles. The molecular formula is C17H21N3S2. The van der Waals surface area contributed by atoms with Crippen molar-refractivity contribution in [1.29, 1.82) is 0 Å². The molecule has 5 heteroatoms. The summed E-state index contributed by atoms with van der Waals surface area (Å²) in [5.74, 6) is 2.19. The van der Waals surface area contributed by atoms with Gasteiger partial charge in [0, 0.05) is 18.5 Å². The second kappa shape index (κ2) is 9.43. The lowest BCUT2D eigenvalue weighted by Gasteiger charge is -2.10. The number of thiocarbonyl (C=S) groups is 1. The molecule has 0 radical (unpaired) electrons. The van der Waals surface area contributed by atoms with Gasteiger partial charge in [0.05, 0.1) is 11.9 Å². The zero-order chi connectivity index (χ0) is 15.6. The molecule has 0 fully saturated rings. The van der Waals surface area contributed by atoms with Crippen molar-refractivity contribution in [1.82, 2.24) is 10.3 Å². The molecule has 116 valence electrons. The molecule has 0 aliphatic heterocycles. The molecule has 0 bridgehead atoms. The third-order valence-corrected chi connectivity index (χ3v) is 4.38. The number of thioether (sulfide) groups is 1. The number of hydrogen-bond acceptors (Lipinski definition) is 3. The van der Waals surface area contributed by atoms with Gasteiger partial charge < -0.3 is 10.6 Å². The summed E-state index contributed by atoms with van der Waals surface area (Å²) in [6.07, 6.45) is 4.59. The fourth-order valence-electron chi connectivity index (χ4n) is 1.98. The normalized spacial score (nSPS) is 10.2. The Labute approximate surface area is 141 Å². The minimum Gasteiger partial charge on any atom is -0.362 e. The lowest BCUT2D eigenvalue weighted by atomic mass is 10.2. The highest BCUT2D eigenvalue weighted by atomic mass is 32.2. The monoisotopic (exact) mass is 331 g/mol.